The van der Waals surface area contributed by atoms with Crippen LogP contribution in [-0.2, 0) is 0 Å². The number of likely N-dealkylation sites (tertiary alicyclic amines) is 1. The van der Waals surface area contributed by atoms with Crippen LogP contribution in [0, 0.1) is 0 Å². The van der Waals surface area contributed by atoms with Crippen molar-refractivity contribution in [3.8, 4) is 11.5 Å². The summed E-state index contributed by atoms with van der Waals surface area (Å²) in [6.45, 7) is 3.53. The molecule has 0 saturated carbocycles. The van der Waals surface area contributed by atoms with E-state index in [2.05, 4.69) is 59.9 Å². The summed E-state index contributed by atoms with van der Waals surface area (Å²) in [4.78, 5) is 5.11. The van der Waals surface area contributed by atoms with Crippen LogP contribution in [0.5, 0.6) is 11.5 Å². The van der Waals surface area contributed by atoms with Gasteiger partial charge in [0.2, 0.25) is 0 Å². The zero-order chi connectivity index (χ0) is 20.2. The highest BCUT2D eigenvalue weighted by atomic mass is 16.5. The van der Waals surface area contributed by atoms with E-state index in [-0.39, 0.29) is 5.92 Å². The Morgan fingerprint density at radius 1 is 1.03 bits per heavy atom. The Labute approximate surface area is 173 Å². The van der Waals surface area contributed by atoms with E-state index < -0.39 is 0 Å². The first-order chi connectivity index (χ1) is 14.2. The second-order valence-electron chi connectivity index (χ2n) is 8.19. The van der Waals surface area contributed by atoms with Crippen LogP contribution in [0.2, 0.25) is 0 Å². The number of benzene rings is 2. The maximum atomic E-state index is 5.81. The lowest BCUT2D eigenvalue weighted by atomic mass is 9.89. The number of aromatic nitrogens is 1. The summed E-state index contributed by atoms with van der Waals surface area (Å²) in [7, 11) is 5.73. The van der Waals surface area contributed by atoms with Crippen molar-refractivity contribution < 1.29 is 19.7 Å². The van der Waals surface area contributed by atoms with Gasteiger partial charge in [-0.2, -0.15) is 0 Å². The fraction of sp³-hybridized carbons (Fsp3) is 0.417. The number of H-pyrrole nitrogens is 1. The van der Waals surface area contributed by atoms with E-state index in [1.165, 1.54) is 48.0 Å². The Morgan fingerprint density at radius 2 is 1.83 bits per heavy atom. The van der Waals surface area contributed by atoms with Gasteiger partial charge < -0.3 is 24.7 Å². The minimum absolute atomic E-state index is 0.225. The van der Waals surface area contributed by atoms with Gasteiger partial charge in [-0.15, -0.1) is 0 Å². The molecule has 4 N–H and O–H groups in total. The van der Waals surface area contributed by atoms with Crippen LogP contribution in [0.1, 0.15) is 29.9 Å². The normalized spacial score (nSPS) is 20.5. The Hall–Kier alpha value is -2.50. The zero-order valence-corrected chi connectivity index (χ0v) is 17.7. The average molecular weight is 396 g/mol. The fourth-order valence-electron chi connectivity index (χ4n) is 4.69. The molecule has 0 spiro atoms. The van der Waals surface area contributed by atoms with Gasteiger partial charge in [-0.1, -0.05) is 30.3 Å². The first kappa shape index (κ1) is 19.8. The molecular formula is C24H33N3O2+2. The standard InChI is InChI=1S/C24H31N3O2/c1-27-13-11-17(12-14-27)25-15-21(19-8-6-10-23(28-2)24(19)29-3)20-16-26-22-9-5-4-7-18(20)22/h4-10,16-17,21,25-26H,11-15H2,1-3H3/p+2/t21-/m0/s1. The maximum Gasteiger partial charge on any atom is 0.164 e. The van der Waals surface area contributed by atoms with E-state index in [4.69, 9.17) is 9.47 Å². The molecule has 1 aromatic heterocycles. The first-order valence-corrected chi connectivity index (χ1v) is 10.6. The lowest BCUT2D eigenvalue weighted by Crippen LogP contribution is -3.12. The molecule has 154 valence electrons. The van der Waals surface area contributed by atoms with Gasteiger partial charge in [0.1, 0.15) is 0 Å². The van der Waals surface area contributed by atoms with Crippen molar-refractivity contribution in [3.05, 3.63) is 59.8 Å². The Bertz CT molecular complexity index is 944. The smallest absolute Gasteiger partial charge is 0.164 e. The van der Waals surface area contributed by atoms with Gasteiger partial charge in [0, 0.05) is 35.5 Å². The maximum absolute atomic E-state index is 5.81. The molecule has 2 heterocycles. The zero-order valence-electron chi connectivity index (χ0n) is 17.7. The minimum Gasteiger partial charge on any atom is -0.493 e. The molecular weight excluding hydrogens is 362 g/mol. The molecule has 0 radical (unpaired) electrons. The van der Waals surface area contributed by atoms with E-state index >= 15 is 0 Å². The molecule has 5 heteroatoms. The van der Waals surface area contributed by atoms with Crippen LogP contribution in [0.25, 0.3) is 10.9 Å². The SMILES string of the molecule is COc1cccc([C@H](C[NH2+]C2CC[NH+](C)CC2)c2c[nH]c3ccccc23)c1OC. The van der Waals surface area contributed by atoms with Crippen molar-refractivity contribution in [1.82, 2.24) is 4.98 Å². The molecule has 1 saturated heterocycles. The number of hydrogen-bond acceptors (Lipinski definition) is 2. The third-order valence-electron chi connectivity index (χ3n) is 6.39. The number of para-hydroxylation sites is 2. The van der Waals surface area contributed by atoms with Crippen LogP contribution in [-0.4, -0.2) is 51.9 Å². The predicted octanol–water partition coefficient (Wildman–Crippen LogP) is 1.56. The van der Waals surface area contributed by atoms with E-state index in [1.54, 1.807) is 19.1 Å². The van der Waals surface area contributed by atoms with Gasteiger partial charge in [0.25, 0.3) is 0 Å². The minimum atomic E-state index is 0.225. The van der Waals surface area contributed by atoms with Crippen molar-refractivity contribution in [2.24, 2.45) is 0 Å². The number of rotatable bonds is 7. The number of nitrogens with one attached hydrogen (secondary N) is 2. The Kier molecular flexibility index (Phi) is 6.07. The van der Waals surface area contributed by atoms with Gasteiger partial charge in [0.05, 0.1) is 52.9 Å². The molecule has 5 nitrogen and oxygen atoms in total. The topological polar surface area (TPSA) is 55.3 Å². The molecule has 0 bridgehead atoms. The Morgan fingerprint density at radius 3 is 2.59 bits per heavy atom. The molecule has 0 amide bonds. The molecule has 1 aliphatic heterocycles. The second-order valence-corrected chi connectivity index (χ2v) is 8.19. The van der Waals surface area contributed by atoms with Crippen molar-refractivity contribution >= 4 is 10.9 Å². The highest BCUT2D eigenvalue weighted by Gasteiger charge is 2.28. The number of piperidine rings is 1. The molecule has 0 aliphatic carbocycles. The quantitative estimate of drug-likeness (QED) is 0.569. The van der Waals surface area contributed by atoms with Crippen LogP contribution in [0.3, 0.4) is 0 Å². The van der Waals surface area contributed by atoms with E-state index in [0.29, 0.717) is 6.04 Å². The Balaban J connectivity index is 1.70. The second kappa shape index (κ2) is 8.89. The number of methoxy groups -OCH3 is 2. The van der Waals surface area contributed by atoms with Gasteiger partial charge in [-0.05, 0) is 17.7 Å². The van der Waals surface area contributed by atoms with E-state index in [9.17, 15) is 0 Å². The molecule has 2 aromatic carbocycles. The molecule has 3 aromatic rings. The van der Waals surface area contributed by atoms with Crippen molar-refractivity contribution in [3.63, 3.8) is 0 Å². The summed E-state index contributed by atoms with van der Waals surface area (Å²) in [5, 5.41) is 3.83. The highest BCUT2D eigenvalue weighted by Crippen LogP contribution is 2.39. The molecule has 4 rings (SSSR count). The van der Waals surface area contributed by atoms with Crippen LogP contribution < -0.4 is 19.7 Å². The lowest BCUT2D eigenvalue weighted by molar-refractivity contribution is -0.894. The molecule has 0 unspecified atom stereocenters. The summed E-state index contributed by atoms with van der Waals surface area (Å²) >= 11 is 0. The molecule has 1 fully saturated rings. The van der Waals surface area contributed by atoms with Gasteiger partial charge in [0.15, 0.2) is 11.5 Å². The molecule has 1 atom stereocenters. The number of ether oxygens (including phenoxy) is 2. The van der Waals surface area contributed by atoms with Gasteiger partial charge in [-0.25, -0.2) is 0 Å². The molecule has 29 heavy (non-hydrogen) atoms. The average Bonchev–Trinajstić information content (AvgIpc) is 3.19. The predicted molar refractivity (Wildman–Crippen MR) is 116 cm³/mol. The molecule has 1 aliphatic rings. The lowest BCUT2D eigenvalue weighted by Gasteiger charge is -2.27. The van der Waals surface area contributed by atoms with Crippen LogP contribution in [0.4, 0.5) is 0 Å². The number of quaternary nitrogens is 2. The van der Waals surface area contributed by atoms with Gasteiger partial charge >= 0.3 is 0 Å². The van der Waals surface area contributed by atoms with Crippen LogP contribution >= 0.6 is 0 Å². The fourth-order valence-corrected chi connectivity index (χ4v) is 4.69. The van der Waals surface area contributed by atoms with Gasteiger partial charge in [-0.3, -0.25) is 0 Å². The summed E-state index contributed by atoms with van der Waals surface area (Å²) < 4.78 is 11.4. The van der Waals surface area contributed by atoms with Crippen molar-refractivity contribution in [2.45, 2.75) is 24.8 Å². The van der Waals surface area contributed by atoms with E-state index in [1.807, 2.05) is 6.07 Å². The first-order valence-electron chi connectivity index (χ1n) is 10.6. The van der Waals surface area contributed by atoms with Crippen LogP contribution in [0.15, 0.2) is 48.7 Å². The summed E-state index contributed by atoms with van der Waals surface area (Å²) in [6.07, 6.45) is 4.73. The van der Waals surface area contributed by atoms with Crippen molar-refractivity contribution in [1.29, 1.82) is 0 Å². The highest BCUT2D eigenvalue weighted by molar-refractivity contribution is 5.84. The number of hydrogen-bond donors (Lipinski definition) is 3. The number of aromatic amines is 1. The summed E-state index contributed by atoms with van der Waals surface area (Å²) in [6, 6.07) is 15.5. The third-order valence-corrected chi connectivity index (χ3v) is 6.39. The monoisotopic (exact) mass is 395 g/mol. The van der Waals surface area contributed by atoms with E-state index in [0.717, 1.165) is 18.0 Å². The number of fused-ring (bicyclic) bond motifs is 1. The third kappa shape index (κ3) is 4.11. The summed E-state index contributed by atoms with van der Waals surface area (Å²) in [5.74, 6) is 1.85. The van der Waals surface area contributed by atoms with Crippen molar-refractivity contribution in [2.75, 3.05) is 40.9 Å². The largest absolute Gasteiger partial charge is 0.493 e. The number of nitrogens with two attached hydrogens (primary N) is 1. The summed E-state index contributed by atoms with van der Waals surface area (Å²) in [5.41, 5.74) is 3.69.